The lowest BCUT2D eigenvalue weighted by Crippen LogP contribution is -2.57. The van der Waals surface area contributed by atoms with Crippen LogP contribution in [0.25, 0.3) is 0 Å². The van der Waals surface area contributed by atoms with Crippen molar-refractivity contribution in [3.05, 3.63) is 0 Å². The number of rotatable bonds is 4. The average molecular weight is 254 g/mol. The minimum Gasteiger partial charge on any atom is -0.377 e. The van der Waals surface area contributed by atoms with Crippen LogP contribution in [0.3, 0.4) is 0 Å². The van der Waals surface area contributed by atoms with Gasteiger partial charge in [0.15, 0.2) is 0 Å². The predicted octanol–water partition coefficient (Wildman–Crippen LogP) is 2.39. The molecule has 1 heterocycles. The maximum Gasteiger partial charge on any atom is 0.0702 e. The fraction of sp³-hybridized carbons (Fsp3) is 1.00. The van der Waals surface area contributed by atoms with Gasteiger partial charge in [0, 0.05) is 25.2 Å². The van der Waals surface area contributed by atoms with E-state index >= 15 is 0 Å². The average Bonchev–Trinajstić information content (AvgIpc) is 2.83. The molecule has 2 aliphatic rings. The van der Waals surface area contributed by atoms with E-state index in [1.807, 2.05) is 0 Å². The summed E-state index contributed by atoms with van der Waals surface area (Å²) in [5.74, 6) is 0. The fourth-order valence-corrected chi connectivity index (χ4v) is 3.59. The Hall–Kier alpha value is -0.120. The van der Waals surface area contributed by atoms with Gasteiger partial charge in [-0.25, -0.2) is 0 Å². The molecule has 3 heteroatoms. The Labute approximate surface area is 112 Å². The second-order valence-electron chi connectivity index (χ2n) is 6.70. The second kappa shape index (κ2) is 5.89. The van der Waals surface area contributed by atoms with Gasteiger partial charge in [0.25, 0.3) is 0 Å². The third-order valence-corrected chi connectivity index (χ3v) is 4.98. The summed E-state index contributed by atoms with van der Waals surface area (Å²) in [5, 5.41) is 0. The predicted molar refractivity (Wildman–Crippen MR) is 75.6 cm³/mol. The normalized spacial score (nSPS) is 36.2. The Kier molecular flexibility index (Phi) is 4.68. The van der Waals surface area contributed by atoms with Crippen LogP contribution in [-0.4, -0.2) is 42.8 Å². The van der Waals surface area contributed by atoms with E-state index in [4.69, 9.17) is 10.5 Å². The van der Waals surface area contributed by atoms with E-state index in [1.165, 1.54) is 32.1 Å². The molecule has 3 atom stereocenters. The van der Waals surface area contributed by atoms with E-state index < -0.39 is 0 Å². The molecule has 0 aromatic rings. The highest BCUT2D eigenvalue weighted by Crippen LogP contribution is 2.36. The molecular formula is C15H30N2O. The van der Waals surface area contributed by atoms with E-state index in [9.17, 15) is 0 Å². The van der Waals surface area contributed by atoms with Crippen molar-refractivity contribution >= 4 is 0 Å². The van der Waals surface area contributed by atoms with Crippen LogP contribution in [0.5, 0.6) is 0 Å². The Balaban J connectivity index is 1.97. The summed E-state index contributed by atoms with van der Waals surface area (Å²) in [6.45, 7) is 10.0. The monoisotopic (exact) mass is 254 g/mol. The molecule has 0 aromatic carbocycles. The Morgan fingerprint density at radius 1 is 1.28 bits per heavy atom. The van der Waals surface area contributed by atoms with Gasteiger partial charge in [0.2, 0.25) is 0 Å². The molecule has 2 rings (SSSR count). The van der Waals surface area contributed by atoms with E-state index in [-0.39, 0.29) is 5.41 Å². The molecular weight excluding hydrogens is 224 g/mol. The molecule has 106 valence electrons. The topological polar surface area (TPSA) is 38.5 Å². The summed E-state index contributed by atoms with van der Waals surface area (Å²) in [7, 11) is 0. The lowest BCUT2D eigenvalue weighted by molar-refractivity contribution is 0.0227. The van der Waals surface area contributed by atoms with Crippen molar-refractivity contribution in [3.8, 4) is 0 Å². The molecule has 1 aliphatic carbocycles. The van der Waals surface area contributed by atoms with E-state index in [0.717, 1.165) is 19.7 Å². The van der Waals surface area contributed by atoms with Crippen LogP contribution in [0.15, 0.2) is 0 Å². The van der Waals surface area contributed by atoms with Crippen LogP contribution >= 0.6 is 0 Å². The molecule has 0 amide bonds. The zero-order valence-electron chi connectivity index (χ0n) is 12.3. The first-order valence-corrected chi connectivity index (χ1v) is 7.66. The van der Waals surface area contributed by atoms with Gasteiger partial charge in [0.1, 0.15) is 0 Å². The first-order chi connectivity index (χ1) is 8.54. The number of hydrogen-bond acceptors (Lipinski definition) is 3. The van der Waals surface area contributed by atoms with Crippen LogP contribution < -0.4 is 5.73 Å². The summed E-state index contributed by atoms with van der Waals surface area (Å²) in [6, 6.07) is 0.843. The summed E-state index contributed by atoms with van der Waals surface area (Å²) in [4.78, 5) is 2.57. The maximum absolute atomic E-state index is 6.52. The minimum absolute atomic E-state index is 0.285. The van der Waals surface area contributed by atoms with Crippen molar-refractivity contribution < 1.29 is 4.74 Å². The van der Waals surface area contributed by atoms with Gasteiger partial charge >= 0.3 is 0 Å². The molecule has 3 unspecified atom stereocenters. The van der Waals surface area contributed by atoms with Crippen LogP contribution in [0.2, 0.25) is 0 Å². The Morgan fingerprint density at radius 2 is 2.06 bits per heavy atom. The highest BCUT2D eigenvalue weighted by atomic mass is 16.5. The fourth-order valence-electron chi connectivity index (χ4n) is 3.59. The summed E-state index contributed by atoms with van der Waals surface area (Å²) < 4.78 is 5.78. The van der Waals surface area contributed by atoms with Crippen molar-refractivity contribution in [1.82, 2.24) is 4.90 Å². The molecule has 0 aromatic heterocycles. The summed E-state index contributed by atoms with van der Waals surface area (Å²) >= 11 is 0. The number of nitrogens with zero attached hydrogens (tertiary/aromatic N) is 1. The lowest BCUT2D eigenvalue weighted by atomic mass is 9.70. The van der Waals surface area contributed by atoms with Gasteiger partial charge in [-0.3, -0.25) is 4.90 Å². The molecule has 0 bridgehead atoms. The first-order valence-electron chi connectivity index (χ1n) is 7.66. The van der Waals surface area contributed by atoms with Crippen LogP contribution in [0.1, 0.15) is 52.9 Å². The zero-order chi connectivity index (χ0) is 13.2. The van der Waals surface area contributed by atoms with Crippen LogP contribution in [-0.2, 0) is 4.74 Å². The standard InChI is InChI=1S/C15H30N2O/c1-4-17(11-12-7-6-10-18-12)13-8-5-9-15(2,3)14(13)16/h12-14H,4-11,16H2,1-3H3. The van der Waals surface area contributed by atoms with Crippen molar-refractivity contribution in [2.75, 3.05) is 19.7 Å². The highest BCUT2D eigenvalue weighted by Gasteiger charge is 2.39. The van der Waals surface area contributed by atoms with Gasteiger partial charge in [0.05, 0.1) is 6.10 Å². The van der Waals surface area contributed by atoms with E-state index in [0.29, 0.717) is 18.2 Å². The molecule has 1 saturated carbocycles. The SMILES string of the molecule is CCN(CC1CCCO1)C1CCCC(C)(C)C1N. The number of nitrogens with two attached hydrogens (primary N) is 1. The van der Waals surface area contributed by atoms with Gasteiger partial charge in [-0.1, -0.05) is 27.2 Å². The molecule has 2 fully saturated rings. The quantitative estimate of drug-likeness (QED) is 0.837. The molecule has 2 N–H and O–H groups in total. The van der Waals surface area contributed by atoms with E-state index in [1.54, 1.807) is 0 Å². The number of ether oxygens (including phenoxy) is 1. The highest BCUT2D eigenvalue weighted by molar-refractivity contribution is 4.96. The van der Waals surface area contributed by atoms with Crippen molar-refractivity contribution in [2.45, 2.75) is 71.1 Å². The largest absolute Gasteiger partial charge is 0.377 e. The zero-order valence-corrected chi connectivity index (χ0v) is 12.3. The van der Waals surface area contributed by atoms with Crippen LogP contribution in [0.4, 0.5) is 0 Å². The van der Waals surface area contributed by atoms with Crippen molar-refractivity contribution in [2.24, 2.45) is 11.1 Å². The molecule has 3 nitrogen and oxygen atoms in total. The molecule has 18 heavy (non-hydrogen) atoms. The lowest BCUT2D eigenvalue weighted by Gasteiger charge is -2.47. The number of hydrogen-bond donors (Lipinski definition) is 1. The van der Waals surface area contributed by atoms with E-state index in [2.05, 4.69) is 25.7 Å². The smallest absolute Gasteiger partial charge is 0.0702 e. The van der Waals surface area contributed by atoms with Gasteiger partial charge in [-0.05, 0) is 37.6 Å². The van der Waals surface area contributed by atoms with Gasteiger partial charge in [-0.15, -0.1) is 0 Å². The van der Waals surface area contributed by atoms with Crippen LogP contribution in [0, 0.1) is 5.41 Å². The molecule has 0 radical (unpaired) electrons. The maximum atomic E-state index is 6.52. The summed E-state index contributed by atoms with van der Waals surface area (Å²) in [6.07, 6.45) is 6.73. The first kappa shape index (κ1) is 14.3. The second-order valence-corrected chi connectivity index (χ2v) is 6.70. The van der Waals surface area contributed by atoms with Gasteiger partial charge in [-0.2, -0.15) is 0 Å². The number of likely N-dealkylation sites (N-methyl/N-ethyl adjacent to an activating group) is 1. The molecule has 1 aliphatic heterocycles. The Morgan fingerprint density at radius 3 is 2.67 bits per heavy atom. The third-order valence-electron chi connectivity index (χ3n) is 4.98. The third kappa shape index (κ3) is 3.06. The van der Waals surface area contributed by atoms with Gasteiger partial charge < -0.3 is 10.5 Å². The van der Waals surface area contributed by atoms with Crippen molar-refractivity contribution in [3.63, 3.8) is 0 Å². The summed E-state index contributed by atoms with van der Waals surface area (Å²) in [5.41, 5.74) is 6.81. The molecule has 1 saturated heterocycles. The Bertz CT molecular complexity index is 261. The molecule has 0 spiro atoms. The van der Waals surface area contributed by atoms with Crippen molar-refractivity contribution in [1.29, 1.82) is 0 Å². The minimum atomic E-state index is 0.285.